The standard InChI is InChI=1S/C12H9F5O3/c1-5(18)3-2-4-6(19)20-12-10(16)8(14)7(13)9(15)11(12)17/h2-4H2,1H3. The van der Waals surface area contributed by atoms with E-state index < -0.39 is 40.8 Å². The van der Waals surface area contributed by atoms with Crippen LogP contribution in [0.15, 0.2) is 0 Å². The van der Waals surface area contributed by atoms with Gasteiger partial charge in [-0.1, -0.05) is 0 Å². The van der Waals surface area contributed by atoms with E-state index in [1.54, 1.807) is 0 Å². The molecule has 8 heteroatoms. The fourth-order valence-corrected chi connectivity index (χ4v) is 1.32. The number of hydrogen-bond acceptors (Lipinski definition) is 3. The minimum atomic E-state index is -2.34. The third-order valence-corrected chi connectivity index (χ3v) is 2.30. The quantitative estimate of drug-likeness (QED) is 0.276. The zero-order valence-electron chi connectivity index (χ0n) is 10.2. The summed E-state index contributed by atoms with van der Waals surface area (Å²) in [5.41, 5.74) is 0. The number of rotatable bonds is 5. The van der Waals surface area contributed by atoms with Gasteiger partial charge < -0.3 is 9.53 Å². The lowest BCUT2D eigenvalue weighted by molar-refractivity contribution is -0.135. The second-order valence-corrected chi connectivity index (χ2v) is 3.93. The summed E-state index contributed by atoms with van der Waals surface area (Å²) in [6, 6.07) is 0. The summed E-state index contributed by atoms with van der Waals surface area (Å²) in [5.74, 6) is -14.2. The van der Waals surface area contributed by atoms with Crippen LogP contribution in [0.1, 0.15) is 26.2 Å². The topological polar surface area (TPSA) is 43.4 Å². The maximum atomic E-state index is 13.2. The molecule has 0 N–H and O–H groups in total. The van der Waals surface area contributed by atoms with E-state index in [1.165, 1.54) is 6.92 Å². The van der Waals surface area contributed by atoms with Crippen LogP contribution in [0.5, 0.6) is 5.75 Å². The number of benzene rings is 1. The van der Waals surface area contributed by atoms with Crippen LogP contribution in [0.2, 0.25) is 0 Å². The molecule has 0 fully saturated rings. The Balaban J connectivity index is 2.88. The van der Waals surface area contributed by atoms with Crippen molar-refractivity contribution in [3.63, 3.8) is 0 Å². The van der Waals surface area contributed by atoms with Crippen molar-refractivity contribution >= 4 is 11.8 Å². The van der Waals surface area contributed by atoms with Crippen LogP contribution in [-0.4, -0.2) is 11.8 Å². The van der Waals surface area contributed by atoms with Gasteiger partial charge in [-0.15, -0.1) is 0 Å². The van der Waals surface area contributed by atoms with Crippen LogP contribution in [0.4, 0.5) is 22.0 Å². The minimum Gasteiger partial charge on any atom is -0.420 e. The van der Waals surface area contributed by atoms with Gasteiger partial charge in [0.2, 0.25) is 34.8 Å². The smallest absolute Gasteiger partial charge is 0.311 e. The van der Waals surface area contributed by atoms with Crippen molar-refractivity contribution < 1.29 is 36.3 Å². The summed E-state index contributed by atoms with van der Waals surface area (Å²) >= 11 is 0. The first kappa shape index (κ1) is 16.1. The Morgan fingerprint density at radius 3 is 1.75 bits per heavy atom. The minimum absolute atomic E-state index is 0.0339. The van der Waals surface area contributed by atoms with Gasteiger partial charge >= 0.3 is 5.97 Å². The molecule has 0 amide bonds. The van der Waals surface area contributed by atoms with Gasteiger partial charge in [-0.25, -0.2) is 13.2 Å². The van der Waals surface area contributed by atoms with Crippen LogP contribution in [0.3, 0.4) is 0 Å². The molecule has 0 aliphatic rings. The van der Waals surface area contributed by atoms with Crippen molar-refractivity contribution in [2.45, 2.75) is 26.2 Å². The highest BCUT2D eigenvalue weighted by molar-refractivity contribution is 5.77. The van der Waals surface area contributed by atoms with E-state index in [9.17, 15) is 31.5 Å². The lowest BCUT2D eigenvalue weighted by Crippen LogP contribution is -2.13. The summed E-state index contributed by atoms with van der Waals surface area (Å²) < 4.78 is 68.8. The van der Waals surface area contributed by atoms with Crippen molar-refractivity contribution in [1.29, 1.82) is 0 Å². The first-order valence-electron chi connectivity index (χ1n) is 5.47. The Labute approximate surface area is 110 Å². The van der Waals surface area contributed by atoms with E-state index in [1.807, 2.05) is 0 Å². The van der Waals surface area contributed by atoms with E-state index >= 15 is 0 Å². The molecule has 0 saturated heterocycles. The molecule has 0 atom stereocenters. The van der Waals surface area contributed by atoms with Crippen molar-refractivity contribution in [3.8, 4) is 5.75 Å². The lowest BCUT2D eigenvalue weighted by Gasteiger charge is -2.08. The van der Waals surface area contributed by atoms with Gasteiger partial charge in [0.1, 0.15) is 5.78 Å². The molecule has 0 aliphatic heterocycles. The molecule has 110 valence electrons. The highest BCUT2D eigenvalue weighted by Crippen LogP contribution is 2.29. The van der Waals surface area contributed by atoms with Gasteiger partial charge in [0.15, 0.2) is 0 Å². The van der Waals surface area contributed by atoms with Crippen LogP contribution >= 0.6 is 0 Å². The monoisotopic (exact) mass is 296 g/mol. The summed E-state index contributed by atoms with van der Waals surface area (Å²) in [4.78, 5) is 21.8. The lowest BCUT2D eigenvalue weighted by atomic mass is 10.2. The molecular formula is C12H9F5O3. The highest BCUT2D eigenvalue weighted by atomic mass is 19.2. The maximum absolute atomic E-state index is 13.2. The first-order valence-corrected chi connectivity index (χ1v) is 5.47. The number of ketones is 1. The zero-order valence-corrected chi connectivity index (χ0v) is 10.2. The Kier molecular flexibility index (Phi) is 5.18. The van der Waals surface area contributed by atoms with Crippen LogP contribution in [0, 0.1) is 29.1 Å². The molecule has 1 aromatic carbocycles. The first-order chi connectivity index (χ1) is 9.25. The number of hydrogen-bond donors (Lipinski definition) is 0. The molecule has 20 heavy (non-hydrogen) atoms. The largest absolute Gasteiger partial charge is 0.420 e. The number of halogens is 5. The highest BCUT2D eigenvalue weighted by Gasteiger charge is 2.28. The second kappa shape index (κ2) is 6.44. The fraction of sp³-hybridized carbons (Fsp3) is 0.333. The van der Waals surface area contributed by atoms with Gasteiger partial charge in [-0.3, -0.25) is 4.79 Å². The van der Waals surface area contributed by atoms with E-state index in [0.29, 0.717) is 0 Å². The number of ether oxygens (including phenoxy) is 1. The Hall–Kier alpha value is -1.99. The number of Topliss-reactive ketones (excluding diaryl/α,β-unsaturated/α-hetero) is 1. The third kappa shape index (κ3) is 3.52. The van der Waals surface area contributed by atoms with E-state index in [2.05, 4.69) is 4.74 Å². The normalized spacial score (nSPS) is 10.5. The number of carbonyl (C=O) groups is 2. The van der Waals surface area contributed by atoms with Crippen molar-refractivity contribution in [1.82, 2.24) is 0 Å². The van der Waals surface area contributed by atoms with E-state index in [0.717, 1.165) is 0 Å². The maximum Gasteiger partial charge on any atom is 0.311 e. The molecule has 0 saturated carbocycles. The molecule has 1 aromatic rings. The molecule has 0 radical (unpaired) electrons. The predicted molar refractivity (Wildman–Crippen MR) is 56.4 cm³/mol. The summed E-state index contributed by atoms with van der Waals surface area (Å²) in [7, 11) is 0. The molecule has 0 aromatic heterocycles. The van der Waals surface area contributed by atoms with Gasteiger partial charge in [0, 0.05) is 12.8 Å². The van der Waals surface area contributed by atoms with Crippen molar-refractivity contribution in [3.05, 3.63) is 29.1 Å². The SMILES string of the molecule is CC(=O)CCCC(=O)Oc1c(F)c(F)c(F)c(F)c1F. The van der Waals surface area contributed by atoms with Gasteiger partial charge in [-0.2, -0.15) is 8.78 Å². The number of esters is 1. The molecule has 0 aliphatic carbocycles. The van der Waals surface area contributed by atoms with Crippen LogP contribution < -0.4 is 4.74 Å². The summed E-state index contributed by atoms with van der Waals surface area (Å²) in [6.07, 6.45) is -0.311. The molecule has 0 bridgehead atoms. The molecule has 1 rings (SSSR count). The Morgan fingerprint density at radius 2 is 1.30 bits per heavy atom. The molecular weight excluding hydrogens is 287 g/mol. The average molecular weight is 296 g/mol. The van der Waals surface area contributed by atoms with Crippen molar-refractivity contribution in [2.75, 3.05) is 0 Å². The van der Waals surface area contributed by atoms with Crippen molar-refractivity contribution in [2.24, 2.45) is 0 Å². The average Bonchev–Trinajstić information content (AvgIpc) is 2.39. The molecule has 0 heterocycles. The number of carbonyl (C=O) groups excluding carboxylic acids is 2. The molecule has 0 spiro atoms. The Bertz CT molecular complexity index is 528. The van der Waals surface area contributed by atoms with Crippen LogP contribution in [-0.2, 0) is 9.59 Å². The summed E-state index contributed by atoms with van der Waals surface area (Å²) in [6.45, 7) is 1.27. The Morgan fingerprint density at radius 1 is 0.850 bits per heavy atom. The van der Waals surface area contributed by atoms with Gasteiger partial charge in [-0.05, 0) is 13.3 Å². The van der Waals surface area contributed by atoms with Crippen LogP contribution in [0.25, 0.3) is 0 Å². The van der Waals surface area contributed by atoms with Gasteiger partial charge in [0.25, 0.3) is 0 Å². The fourth-order valence-electron chi connectivity index (χ4n) is 1.32. The van der Waals surface area contributed by atoms with E-state index in [4.69, 9.17) is 0 Å². The third-order valence-electron chi connectivity index (χ3n) is 2.30. The summed E-state index contributed by atoms with van der Waals surface area (Å²) in [5, 5.41) is 0. The second-order valence-electron chi connectivity index (χ2n) is 3.93. The predicted octanol–water partition coefficient (Wildman–Crippen LogP) is 3.05. The molecule has 0 unspecified atom stereocenters. The molecule has 3 nitrogen and oxygen atoms in total. The van der Waals surface area contributed by atoms with Gasteiger partial charge in [0.05, 0.1) is 0 Å². The van der Waals surface area contributed by atoms with E-state index in [-0.39, 0.29) is 25.0 Å². The zero-order chi connectivity index (χ0) is 15.4.